The number of aliphatic imine (C=N–C) groups is 1. The Morgan fingerprint density at radius 2 is 1.21 bits per heavy atom. The standard InChI is InChI=1S/C40H69N11O10.C2H6/c1-10-25(14-13-20(2)3)19-29(48-34(56)26(41)12-11-17-45-40(43)44)37(59)51-32(24(9)52)39(61)50-31(22(6)7)38(60)47-27(15-16-30(53)54)35(57)49-28(18-21(4)5)36(58)46-23(8)33(42)55;1-2/h10,13-14,21-24,26-29,31-32,52H,2,11-12,15-19,41H2,1,3-9H3,(H2,42,55)(H,46,58)(H,47,60)(H,48,56)(H,49,57)(H,50,61)(H,51,59)(H,53,54)(H4,43,44,45);1-2H3/b14-13-,25-10+;/t23-,24-,26-,27-,28?,29?,31?,32?;/m1./s1. The zero-order valence-corrected chi connectivity index (χ0v) is 38.6. The van der Waals surface area contributed by atoms with Crippen molar-refractivity contribution in [2.24, 2.45) is 39.8 Å². The van der Waals surface area contributed by atoms with Crippen molar-refractivity contribution in [3.05, 3.63) is 36.0 Å². The second kappa shape index (κ2) is 31.1. The fourth-order valence-corrected chi connectivity index (χ4v) is 5.50. The number of carbonyl (C=O) groups is 8. The molecule has 4 unspecified atom stereocenters. The molecule has 8 atom stereocenters. The molecule has 358 valence electrons. The summed E-state index contributed by atoms with van der Waals surface area (Å²) in [6.45, 7) is 20.8. The van der Waals surface area contributed by atoms with Crippen molar-refractivity contribution in [1.82, 2.24) is 31.9 Å². The fourth-order valence-electron chi connectivity index (χ4n) is 5.50. The number of amides is 7. The summed E-state index contributed by atoms with van der Waals surface area (Å²) in [5.41, 5.74) is 23.4. The van der Waals surface area contributed by atoms with Gasteiger partial charge in [0.25, 0.3) is 0 Å². The van der Waals surface area contributed by atoms with E-state index in [1.54, 1.807) is 59.8 Å². The summed E-state index contributed by atoms with van der Waals surface area (Å²) in [5.74, 6) is -8.13. The predicted octanol–water partition coefficient (Wildman–Crippen LogP) is -0.776. The van der Waals surface area contributed by atoms with Crippen molar-refractivity contribution in [2.45, 2.75) is 156 Å². The van der Waals surface area contributed by atoms with Crippen LogP contribution in [-0.4, -0.2) is 118 Å². The van der Waals surface area contributed by atoms with Crippen LogP contribution >= 0.6 is 0 Å². The van der Waals surface area contributed by atoms with Crippen molar-refractivity contribution in [1.29, 1.82) is 0 Å². The monoisotopic (exact) mass is 894 g/mol. The third kappa shape index (κ3) is 25.0. The number of nitrogens with two attached hydrogens (primary N) is 4. The highest BCUT2D eigenvalue weighted by Gasteiger charge is 2.36. The quantitative estimate of drug-likeness (QED) is 0.0199. The first kappa shape index (κ1) is 59.3. The zero-order chi connectivity index (χ0) is 49.1. The first-order valence-corrected chi connectivity index (χ1v) is 21.1. The lowest BCUT2D eigenvalue weighted by Crippen LogP contribution is -2.62. The van der Waals surface area contributed by atoms with E-state index in [2.05, 4.69) is 43.5 Å². The average molecular weight is 894 g/mol. The first-order chi connectivity index (χ1) is 29.3. The lowest BCUT2D eigenvalue weighted by molar-refractivity contribution is -0.139. The molecule has 0 aliphatic carbocycles. The number of aliphatic hydroxyl groups excluding tert-OH is 1. The molecule has 0 aromatic rings. The summed E-state index contributed by atoms with van der Waals surface area (Å²) in [6.07, 6.45) is 3.18. The number of nitrogens with one attached hydrogen (secondary N) is 6. The molecule has 21 heteroatoms. The maximum Gasteiger partial charge on any atom is 0.303 e. The van der Waals surface area contributed by atoms with Crippen LogP contribution in [0.3, 0.4) is 0 Å². The van der Waals surface area contributed by atoms with Crippen LogP contribution in [0.15, 0.2) is 40.9 Å². The number of primary amides is 1. The molecule has 0 fully saturated rings. The van der Waals surface area contributed by atoms with Crippen molar-refractivity contribution in [3.8, 4) is 0 Å². The van der Waals surface area contributed by atoms with Crippen molar-refractivity contribution >= 4 is 53.3 Å². The second-order valence-corrected chi connectivity index (χ2v) is 15.6. The van der Waals surface area contributed by atoms with Crippen LogP contribution in [0.2, 0.25) is 0 Å². The first-order valence-electron chi connectivity index (χ1n) is 21.1. The highest BCUT2D eigenvalue weighted by atomic mass is 16.4. The normalized spacial score (nSPS) is 15.1. The van der Waals surface area contributed by atoms with Gasteiger partial charge in [-0.3, -0.25) is 43.3 Å². The van der Waals surface area contributed by atoms with Gasteiger partial charge in [-0.15, -0.1) is 0 Å². The van der Waals surface area contributed by atoms with Crippen LogP contribution < -0.4 is 54.8 Å². The number of aliphatic carboxylic acids is 1. The van der Waals surface area contributed by atoms with E-state index in [4.69, 9.17) is 22.9 Å². The predicted molar refractivity (Wildman–Crippen MR) is 241 cm³/mol. The van der Waals surface area contributed by atoms with Gasteiger partial charge in [-0.2, -0.15) is 0 Å². The van der Waals surface area contributed by atoms with Gasteiger partial charge in [-0.1, -0.05) is 71.9 Å². The molecule has 0 heterocycles. The summed E-state index contributed by atoms with van der Waals surface area (Å²) in [7, 11) is 0. The Morgan fingerprint density at radius 3 is 1.68 bits per heavy atom. The summed E-state index contributed by atoms with van der Waals surface area (Å²) in [5, 5.41) is 35.1. The molecule has 0 aromatic heterocycles. The molecule has 0 radical (unpaired) electrons. The van der Waals surface area contributed by atoms with E-state index in [9.17, 15) is 48.6 Å². The second-order valence-electron chi connectivity index (χ2n) is 15.6. The number of hydrogen-bond acceptors (Lipinski definition) is 11. The summed E-state index contributed by atoms with van der Waals surface area (Å²) < 4.78 is 0. The topological polar surface area (TPSA) is 366 Å². The van der Waals surface area contributed by atoms with Crippen LogP contribution in [0.4, 0.5) is 0 Å². The number of guanidine groups is 1. The van der Waals surface area contributed by atoms with Crippen molar-refractivity contribution < 1.29 is 48.6 Å². The Hall–Kier alpha value is -5.83. The average Bonchev–Trinajstić information content (AvgIpc) is 3.19. The Balaban J connectivity index is 0. The highest BCUT2D eigenvalue weighted by molar-refractivity contribution is 5.97. The van der Waals surface area contributed by atoms with E-state index in [0.29, 0.717) is 17.6 Å². The van der Waals surface area contributed by atoms with Gasteiger partial charge in [-0.05, 0) is 70.8 Å². The fraction of sp³-hybridized carbons (Fsp3) is 0.643. The van der Waals surface area contributed by atoms with Gasteiger partial charge in [0.05, 0.1) is 12.1 Å². The van der Waals surface area contributed by atoms with Crippen LogP contribution in [0.1, 0.15) is 108 Å². The van der Waals surface area contributed by atoms with Gasteiger partial charge in [-0.25, -0.2) is 0 Å². The molecule has 63 heavy (non-hydrogen) atoms. The Morgan fingerprint density at radius 1 is 0.698 bits per heavy atom. The molecule has 0 spiro atoms. The molecule has 0 saturated carbocycles. The van der Waals surface area contributed by atoms with E-state index >= 15 is 0 Å². The SMILES string of the molecule is C=C(C)/C=C\C(=C/C)CC(NC(=O)[C@H](N)CCCN=C(N)N)C(=O)NC(C(=O)NC(C(=O)N[C@H](CCC(=O)O)C(=O)NC(CC(C)C)C(=O)N[C@H](C)C(N)=O)C(C)C)[C@@H](C)O.CC. The lowest BCUT2D eigenvalue weighted by Gasteiger charge is -2.29. The van der Waals surface area contributed by atoms with Crippen LogP contribution in [0, 0.1) is 11.8 Å². The molecule has 0 aliphatic rings. The van der Waals surface area contributed by atoms with Gasteiger partial charge in [0.15, 0.2) is 5.96 Å². The minimum atomic E-state index is -1.67. The number of carboxylic acid groups (broad SMARTS) is 1. The van der Waals surface area contributed by atoms with Gasteiger partial charge < -0.3 is 65.0 Å². The lowest BCUT2D eigenvalue weighted by atomic mass is 9.99. The molecule has 0 saturated heterocycles. The number of nitrogens with zero attached hydrogens (tertiary/aromatic N) is 1. The number of carbonyl (C=O) groups excluding carboxylic acids is 7. The summed E-state index contributed by atoms with van der Waals surface area (Å²) in [6, 6.07) is -9.19. The van der Waals surface area contributed by atoms with Crippen LogP contribution in [0.25, 0.3) is 0 Å². The smallest absolute Gasteiger partial charge is 0.303 e. The Labute approximate surface area is 371 Å². The largest absolute Gasteiger partial charge is 0.481 e. The minimum Gasteiger partial charge on any atom is -0.481 e. The number of rotatable bonds is 28. The maximum atomic E-state index is 13.8. The Kier molecular flexibility index (Phi) is 29.2. The van der Waals surface area contributed by atoms with Gasteiger partial charge in [0, 0.05) is 19.4 Å². The van der Waals surface area contributed by atoms with Gasteiger partial charge in [0.1, 0.15) is 36.3 Å². The molecule has 16 N–H and O–H groups in total. The van der Waals surface area contributed by atoms with E-state index in [-0.39, 0.29) is 37.7 Å². The summed E-state index contributed by atoms with van der Waals surface area (Å²) >= 11 is 0. The molecular formula is C42H75N11O10. The molecule has 21 nitrogen and oxygen atoms in total. The highest BCUT2D eigenvalue weighted by Crippen LogP contribution is 2.13. The van der Waals surface area contributed by atoms with E-state index in [0.717, 1.165) is 0 Å². The van der Waals surface area contributed by atoms with Crippen molar-refractivity contribution in [2.75, 3.05) is 6.54 Å². The van der Waals surface area contributed by atoms with Crippen molar-refractivity contribution in [3.63, 3.8) is 0 Å². The van der Waals surface area contributed by atoms with Gasteiger partial charge >= 0.3 is 5.97 Å². The third-order valence-corrected chi connectivity index (χ3v) is 9.04. The number of carboxylic acids is 1. The maximum absolute atomic E-state index is 13.8. The molecule has 0 rings (SSSR count). The summed E-state index contributed by atoms with van der Waals surface area (Å²) in [4.78, 5) is 108. The Bertz CT molecular complexity index is 1640. The number of hydrogen-bond donors (Lipinski definition) is 12. The molecule has 7 amide bonds. The molecule has 0 aromatic carbocycles. The van der Waals surface area contributed by atoms with Gasteiger partial charge in [0.2, 0.25) is 41.4 Å². The molecule has 0 aliphatic heterocycles. The molecular weight excluding hydrogens is 819 g/mol. The number of aliphatic hydroxyl groups is 1. The zero-order valence-electron chi connectivity index (χ0n) is 38.6. The van der Waals surface area contributed by atoms with E-state index in [1.807, 2.05) is 13.8 Å². The van der Waals surface area contributed by atoms with Crippen LogP contribution in [-0.2, 0) is 38.4 Å². The number of allylic oxidation sites excluding steroid dienone is 4. The van der Waals surface area contributed by atoms with E-state index < -0.39 is 114 Å². The third-order valence-electron chi connectivity index (χ3n) is 9.04. The minimum absolute atomic E-state index is 0.0621. The van der Waals surface area contributed by atoms with E-state index in [1.165, 1.54) is 13.8 Å². The van der Waals surface area contributed by atoms with Crippen LogP contribution in [0.5, 0.6) is 0 Å². The molecule has 0 bridgehead atoms.